The molecule has 1 aromatic rings. The normalized spacial score (nSPS) is 21.7. The number of rotatable bonds is 1. The summed E-state index contributed by atoms with van der Waals surface area (Å²) in [6.45, 7) is 3.22. The molecule has 6 heteroatoms. The molecule has 2 heterocycles. The predicted molar refractivity (Wildman–Crippen MR) is 68.3 cm³/mol. The molecule has 1 aliphatic heterocycles. The molecule has 1 atom stereocenters. The van der Waals surface area contributed by atoms with Gasteiger partial charge in [0.15, 0.2) is 0 Å². The van der Waals surface area contributed by atoms with Crippen molar-refractivity contribution in [2.24, 2.45) is 0 Å². The van der Waals surface area contributed by atoms with Gasteiger partial charge in [-0.3, -0.25) is 0 Å². The Labute approximate surface area is 102 Å². The van der Waals surface area contributed by atoms with Gasteiger partial charge in [-0.05, 0) is 22.9 Å². The van der Waals surface area contributed by atoms with Gasteiger partial charge in [-0.1, -0.05) is 0 Å². The van der Waals surface area contributed by atoms with E-state index in [1.165, 1.54) is 0 Å². The third-order valence-corrected chi connectivity index (χ3v) is 4.13. The third kappa shape index (κ3) is 2.36. The number of hydrogen-bond acceptors (Lipinski definition) is 5. The predicted octanol–water partition coefficient (Wildman–Crippen LogP) is 1.76. The molecule has 0 aromatic carbocycles. The van der Waals surface area contributed by atoms with Crippen LogP contribution in [0.1, 0.15) is 6.92 Å². The number of thioether (sulfide) groups is 1. The third-order valence-electron chi connectivity index (χ3n) is 2.38. The minimum Gasteiger partial charge on any atom is -0.368 e. The molecule has 2 rings (SSSR count). The fourth-order valence-electron chi connectivity index (χ4n) is 1.61. The lowest BCUT2D eigenvalue weighted by atomic mass is 10.3. The Morgan fingerprint density at radius 3 is 3.20 bits per heavy atom. The molecule has 82 valence electrons. The first-order valence-corrected chi connectivity index (χ1v) is 6.75. The molecule has 1 unspecified atom stereocenters. The van der Waals surface area contributed by atoms with Crippen molar-refractivity contribution in [3.63, 3.8) is 0 Å². The van der Waals surface area contributed by atoms with Gasteiger partial charge in [-0.25, -0.2) is 4.98 Å². The van der Waals surface area contributed by atoms with Crippen molar-refractivity contribution in [2.75, 3.05) is 28.7 Å². The van der Waals surface area contributed by atoms with Gasteiger partial charge in [-0.2, -0.15) is 16.7 Å². The number of nitrogens with two attached hydrogens (primary N) is 1. The summed E-state index contributed by atoms with van der Waals surface area (Å²) >= 11 is 5.44. The summed E-state index contributed by atoms with van der Waals surface area (Å²) in [5.41, 5.74) is 5.60. The van der Waals surface area contributed by atoms with Crippen molar-refractivity contribution >= 4 is 39.5 Å². The molecule has 4 nitrogen and oxygen atoms in total. The molecular formula is C9H13BrN4S. The SMILES string of the molecule is CC1CSCCN1c1nc(N)ncc1Br. The highest BCUT2D eigenvalue weighted by Gasteiger charge is 2.22. The van der Waals surface area contributed by atoms with Crippen LogP contribution in [-0.4, -0.2) is 34.1 Å². The van der Waals surface area contributed by atoms with Crippen LogP contribution >= 0.6 is 27.7 Å². The number of nitrogen functional groups attached to an aromatic ring is 1. The first kappa shape index (κ1) is 11.0. The van der Waals surface area contributed by atoms with Gasteiger partial charge < -0.3 is 10.6 Å². The number of nitrogens with zero attached hydrogens (tertiary/aromatic N) is 3. The monoisotopic (exact) mass is 288 g/mol. The van der Waals surface area contributed by atoms with Crippen LogP contribution in [0.15, 0.2) is 10.7 Å². The molecule has 0 bridgehead atoms. The second-order valence-electron chi connectivity index (χ2n) is 3.52. The van der Waals surface area contributed by atoms with Crippen molar-refractivity contribution in [1.29, 1.82) is 0 Å². The summed E-state index contributed by atoms with van der Waals surface area (Å²) in [5, 5.41) is 0. The summed E-state index contributed by atoms with van der Waals surface area (Å²) < 4.78 is 0.912. The van der Waals surface area contributed by atoms with Gasteiger partial charge in [-0.15, -0.1) is 0 Å². The molecule has 2 N–H and O–H groups in total. The number of anilines is 2. The average molecular weight is 289 g/mol. The summed E-state index contributed by atoms with van der Waals surface area (Å²) in [6, 6.07) is 0.495. The van der Waals surface area contributed by atoms with Gasteiger partial charge in [0.05, 0.1) is 4.47 Å². The lowest BCUT2D eigenvalue weighted by Gasteiger charge is -2.34. The van der Waals surface area contributed by atoms with Gasteiger partial charge in [0, 0.05) is 30.3 Å². The van der Waals surface area contributed by atoms with Crippen molar-refractivity contribution in [3.8, 4) is 0 Å². The molecule has 0 radical (unpaired) electrons. The van der Waals surface area contributed by atoms with Crippen molar-refractivity contribution in [1.82, 2.24) is 9.97 Å². The van der Waals surface area contributed by atoms with E-state index in [1.807, 2.05) is 11.8 Å². The highest BCUT2D eigenvalue weighted by Crippen LogP contribution is 2.28. The van der Waals surface area contributed by atoms with Crippen LogP contribution in [-0.2, 0) is 0 Å². The topological polar surface area (TPSA) is 55.0 Å². The van der Waals surface area contributed by atoms with Gasteiger partial charge in [0.25, 0.3) is 0 Å². The zero-order chi connectivity index (χ0) is 10.8. The zero-order valence-corrected chi connectivity index (χ0v) is 10.9. The van der Waals surface area contributed by atoms with Crippen LogP contribution < -0.4 is 10.6 Å². The molecule has 1 aliphatic rings. The maximum absolute atomic E-state index is 5.60. The zero-order valence-electron chi connectivity index (χ0n) is 8.48. The largest absolute Gasteiger partial charge is 0.368 e. The first-order valence-electron chi connectivity index (χ1n) is 4.81. The van der Waals surface area contributed by atoms with Crippen LogP contribution in [0.4, 0.5) is 11.8 Å². The van der Waals surface area contributed by atoms with Crippen molar-refractivity contribution in [2.45, 2.75) is 13.0 Å². The Morgan fingerprint density at radius 1 is 1.67 bits per heavy atom. The molecule has 0 aliphatic carbocycles. The van der Waals surface area contributed by atoms with E-state index >= 15 is 0 Å². The van der Waals surface area contributed by atoms with E-state index in [0.29, 0.717) is 12.0 Å². The minimum atomic E-state index is 0.332. The molecule has 15 heavy (non-hydrogen) atoms. The van der Waals surface area contributed by atoms with Crippen LogP contribution in [0.25, 0.3) is 0 Å². The molecule has 0 saturated carbocycles. The maximum atomic E-state index is 5.60. The molecular weight excluding hydrogens is 276 g/mol. The smallest absolute Gasteiger partial charge is 0.222 e. The maximum Gasteiger partial charge on any atom is 0.222 e. The lowest BCUT2D eigenvalue weighted by molar-refractivity contribution is 0.687. The Morgan fingerprint density at radius 2 is 2.47 bits per heavy atom. The summed E-state index contributed by atoms with van der Waals surface area (Å²) in [5.74, 6) is 3.52. The summed E-state index contributed by atoms with van der Waals surface area (Å²) in [4.78, 5) is 10.5. The molecule has 1 fully saturated rings. The van der Waals surface area contributed by atoms with E-state index in [0.717, 1.165) is 28.3 Å². The van der Waals surface area contributed by atoms with Crippen molar-refractivity contribution < 1.29 is 0 Å². The van der Waals surface area contributed by atoms with E-state index in [2.05, 4.69) is 37.7 Å². The molecule has 1 aromatic heterocycles. The van der Waals surface area contributed by atoms with Gasteiger partial charge >= 0.3 is 0 Å². The van der Waals surface area contributed by atoms with Gasteiger partial charge in [0.2, 0.25) is 5.95 Å². The fourth-order valence-corrected chi connectivity index (χ4v) is 3.05. The number of halogens is 1. The van der Waals surface area contributed by atoms with E-state index in [-0.39, 0.29) is 0 Å². The highest BCUT2D eigenvalue weighted by atomic mass is 79.9. The number of aromatic nitrogens is 2. The summed E-state index contributed by atoms with van der Waals surface area (Å²) in [6.07, 6.45) is 1.71. The van der Waals surface area contributed by atoms with E-state index in [4.69, 9.17) is 5.73 Å². The van der Waals surface area contributed by atoms with Gasteiger partial charge in [0.1, 0.15) is 5.82 Å². The van der Waals surface area contributed by atoms with Crippen LogP contribution in [0.3, 0.4) is 0 Å². The molecule has 1 saturated heterocycles. The molecule has 0 amide bonds. The second kappa shape index (κ2) is 4.57. The van der Waals surface area contributed by atoms with E-state index in [9.17, 15) is 0 Å². The molecule has 0 spiro atoms. The average Bonchev–Trinajstić information content (AvgIpc) is 2.23. The highest BCUT2D eigenvalue weighted by molar-refractivity contribution is 9.10. The number of hydrogen-bond donors (Lipinski definition) is 1. The standard InChI is InChI=1S/C9H13BrN4S/c1-6-5-15-3-2-14(6)8-7(10)4-12-9(11)13-8/h4,6H,2-3,5H2,1H3,(H2,11,12,13). The Kier molecular flexibility index (Phi) is 3.35. The van der Waals surface area contributed by atoms with Crippen LogP contribution in [0.5, 0.6) is 0 Å². The lowest BCUT2D eigenvalue weighted by Crippen LogP contribution is -2.41. The quantitative estimate of drug-likeness (QED) is 0.854. The Balaban J connectivity index is 2.30. The summed E-state index contributed by atoms with van der Waals surface area (Å²) in [7, 11) is 0. The van der Waals surface area contributed by atoms with Crippen LogP contribution in [0, 0.1) is 0 Å². The van der Waals surface area contributed by atoms with Crippen LogP contribution in [0.2, 0.25) is 0 Å². The minimum absolute atomic E-state index is 0.332. The Hall–Kier alpha value is -0.490. The first-order chi connectivity index (χ1) is 7.18. The second-order valence-corrected chi connectivity index (χ2v) is 5.52. The fraction of sp³-hybridized carbons (Fsp3) is 0.556. The van der Waals surface area contributed by atoms with E-state index in [1.54, 1.807) is 6.20 Å². The van der Waals surface area contributed by atoms with Crippen molar-refractivity contribution in [3.05, 3.63) is 10.7 Å². The van der Waals surface area contributed by atoms with E-state index < -0.39 is 0 Å². The Bertz CT molecular complexity index is 360.